The molecule has 0 saturated carbocycles. The lowest BCUT2D eigenvalue weighted by Crippen LogP contribution is -2.52. The van der Waals surface area contributed by atoms with Crippen molar-refractivity contribution in [1.29, 1.82) is 0 Å². The maximum atomic E-state index is 12.6. The highest BCUT2D eigenvalue weighted by atomic mass is 32.2. The van der Waals surface area contributed by atoms with E-state index in [1.165, 1.54) is 4.31 Å². The van der Waals surface area contributed by atoms with E-state index in [-0.39, 0.29) is 25.5 Å². The van der Waals surface area contributed by atoms with Gasteiger partial charge in [-0.25, -0.2) is 18.1 Å². The zero-order chi connectivity index (χ0) is 20.5. The van der Waals surface area contributed by atoms with E-state index in [4.69, 9.17) is 0 Å². The van der Waals surface area contributed by atoms with Gasteiger partial charge in [-0.3, -0.25) is 19.4 Å². The molecule has 1 aromatic rings. The van der Waals surface area contributed by atoms with Crippen molar-refractivity contribution < 1.29 is 22.8 Å². The van der Waals surface area contributed by atoms with Crippen LogP contribution in [0.15, 0.2) is 30.3 Å². The summed E-state index contributed by atoms with van der Waals surface area (Å²) in [4.78, 5) is 40.1. The van der Waals surface area contributed by atoms with E-state index >= 15 is 0 Å². The van der Waals surface area contributed by atoms with Crippen LogP contribution in [0.2, 0.25) is 0 Å². The monoisotopic (exact) mass is 408 g/mol. The third-order valence-corrected chi connectivity index (χ3v) is 6.71. The first-order chi connectivity index (χ1) is 13.2. The Balaban J connectivity index is 1.58. The van der Waals surface area contributed by atoms with E-state index in [1.54, 1.807) is 43.0 Å². The molecular weight excluding hydrogens is 384 g/mol. The number of carbonyl (C=O) groups is 3. The molecule has 2 aliphatic heterocycles. The van der Waals surface area contributed by atoms with Crippen LogP contribution in [0, 0.1) is 0 Å². The summed E-state index contributed by atoms with van der Waals surface area (Å²) < 4.78 is 26.6. The number of amides is 4. The van der Waals surface area contributed by atoms with Crippen molar-refractivity contribution in [3.63, 3.8) is 0 Å². The average Bonchev–Trinajstić information content (AvgIpc) is 2.86. The second-order valence-corrected chi connectivity index (χ2v) is 9.15. The largest absolute Gasteiger partial charge is 0.335 e. The molecule has 3 rings (SSSR count). The molecule has 2 fully saturated rings. The van der Waals surface area contributed by atoms with Gasteiger partial charge in [0, 0.05) is 32.2 Å². The Morgan fingerprint density at radius 1 is 0.929 bits per heavy atom. The van der Waals surface area contributed by atoms with E-state index in [1.807, 2.05) is 6.07 Å². The lowest BCUT2D eigenvalue weighted by molar-refractivity contribution is -0.144. The Bertz CT molecular complexity index is 863. The summed E-state index contributed by atoms with van der Waals surface area (Å²) in [6, 6.07) is 7.97. The maximum absolute atomic E-state index is 12.6. The molecule has 28 heavy (non-hydrogen) atoms. The van der Waals surface area contributed by atoms with Crippen molar-refractivity contribution in [1.82, 2.24) is 19.0 Å². The number of carbonyl (C=O) groups excluding carboxylic acids is 3. The Morgan fingerprint density at radius 2 is 1.54 bits per heavy atom. The predicted octanol–water partition coefficient (Wildman–Crippen LogP) is 0.291. The lowest BCUT2D eigenvalue weighted by atomic mass is 10.2. The molecule has 0 atom stereocenters. The van der Waals surface area contributed by atoms with Crippen LogP contribution in [0.5, 0.6) is 0 Å². The molecule has 9 nitrogen and oxygen atoms in total. The zero-order valence-electron chi connectivity index (χ0n) is 15.9. The average molecular weight is 408 g/mol. The summed E-state index contributed by atoms with van der Waals surface area (Å²) in [6.07, 6.45) is 0. The number of rotatable bonds is 6. The first-order valence-corrected chi connectivity index (χ1v) is 10.7. The molecule has 0 unspecified atom stereocenters. The smallest absolute Gasteiger partial charge is 0.283 e. The topological polar surface area (TPSA) is 98.3 Å². The Labute approximate surface area is 164 Å². The Morgan fingerprint density at radius 3 is 2.07 bits per heavy atom. The number of nitrogens with zero attached hydrogens (tertiary/aromatic N) is 4. The standard InChI is InChI=1S/C18H24N4O5S/c1-14(2)22-17(24)16(23)21(18(22)25)13-19-8-10-20(11-9-19)28(26,27)12-15-6-4-3-5-7-15/h3-7,14H,8-13H2,1-2H3. The van der Waals surface area contributed by atoms with Crippen molar-refractivity contribution in [3.05, 3.63) is 35.9 Å². The third kappa shape index (κ3) is 4.08. The molecule has 0 N–H and O–H groups in total. The Kier molecular flexibility index (Phi) is 5.82. The summed E-state index contributed by atoms with van der Waals surface area (Å²) >= 11 is 0. The SMILES string of the molecule is CC(C)N1C(=O)C(=O)N(CN2CCN(S(=O)(=O)Cc3ccccc3)CC2)C1=O. The molecule has 1 aromatic carbocycles. The minimum absolute atomic E-state index is 0.0147. The van der Waals surface area contributed by atoms with Crippen molar-refractivity contribution in [2.75, 3.05) is 32.8 Å². The number of hydrogen-bond acceptors (Lipinski definition) is 6. The van der Waals surface area contributed by atoms with Gasteiger partial charge in [0.1, 0.15) is 0 Å². The minimum atomic E-state index is -3.44. The molecule has 0 aliphatic carbocycles. The van der Waals surface area contributed by atoms with Crippen LogP contribution in [0.3, 0.4) is 0 Å². The van der Waals surface area contributed by atoms with E-state index < -0.39 is 33.9 Å². The second-order valence-electron chi connectivity index (χ2n) is 7.18. The molecule has 2 heterocycles. The van der Waals surface area contributed by atoms with Crippen LogP contribution >= 0.6 is 0 Å². The van der Waals surface area contributed by atoms with Crippen molar-refractivity contribution in [2.24, 2.45) is 0 Å². The van der Waals surface area contributed by atoms with Gasteiger partial charge in [0.05, 0.1) is 12.4 Å². The summed E-state index contributed by atoms with van der Waals surface area (Å²) in [5.74, 6) is -1.71. The van der Waals surface area contributed by atoms with Gasteiger partial charge >= 0.3 is 17.8 Å². The first-order valence-electron chi connectivity index (χ1n) is 9.14. The van der Waals surface area contributed by atoms with Gasteiger partial charge in [-0.1, -0.05) is 30.3 Å². The quantitative estimate of drug-likeness (QED) is 0.496. The van der Waals surface area contributed by atoms with Crippen molar-refractivity contribution in [3.8, 4) is 0 Å². The second kappa shape index (κ2) is 7.98. The molecule has 152 valence electrons. The molecule has 2 aliphatic rings. The Hall–Kier alpha value is -2.30. The van der Waals surface area contributed by atoms with Gasteiger partial charge in [0.15, 0.2) is 0 Å². The molecule has 4 amide bonds. The molecule has 2 saturated heterocycles. The number of hydrogen-bond donors (Lipinski definition) is 0. The molecule has 10 heteroatoms. The molecule has 0 spiro atoms. The number of imide groups is 2. The number of piperazine rings is 1. The highest BCUT2D eigenvalue weighted by Gasteiger charge is 2.46. The van der Waals surface area contributed by atoms with Crippen LogP contribution in [0.4, 0.5) is 4.79 Å². The van der Waals surface area contributed by atoms with Crippen LogP contribution in [-0.2, 0) is 25.4 Å². The van der Waals surface area contributed by atoms with Crippen LogP contribution in [0.1, 0.15) is 19.4 Å². The molecular formula is C18H24N4O5S. The van der Waals surface area contributed by atoms with Gasteiger partial charge < -0.3 is 0 Å². The normalized spacial score (nSPS) is 19.9. The van der Waals surface area contributed by atoms with E-state index in [0.29, 0.717) is 13.1 Å². The van der Waals surface area contributed by atoms with E-state index in [0.717, 1.165) is 15.4 Å². The minimum Gasteiger partial charge on any atom is -0.283 e. The number of benzene rings is 1. The van der Waals surface area contributed by atoms with E-state index in [2.05, 4.69) is 0 Å². The highest BCUT2D eigenvalue weighted by molar-refractivity contribution is 7.88. The number of urea groups is 1. The van der Waals surface area contributed by atoms with Crippen molar-refractivity contribution in [2.45, 2.75) is 25.6 Å². The first kappa shape index (κ1) is 20.4. The van der Waals surface area contributed by atoms with Crippen LogP contribution in [0.25, 0.3) is 0 Å². The van der Waals surface area contributed by atoms with Gasteiger partial charge in [0.2, 0.25) is 10.0 Å². The fourth-order valence-corrected chi connectivity index (χ4v) is 4.84. The highest BCUT2D eigenvalue weighted by Crippen LogP contribution is 2.18. The molecule has 0 radical (unpaired) electrons. The van der Waals surface area contributed by atoms with Crippen molar-refractivity contribution >= 4 is 27.9 Å². The summed E-state index contributed by atoms with van der Waals surface area (Å²) in [7, 11) is -3.44. The third-order valence-electron chi connectivity index (χ3n) is 4.86. The van der Waals surface area contributed by atoms with Crippen LogP contribution in [-0.4, -0.2) is 84.2 Å². The van der Waals surface area contributed by atoms with Gasteiger partial charge in [-0.2, -0.15) is 4.31 Å². The van der Waals surface area contributed by atoms with Gasteiger partial charge in [-0.15, -0.1) is 0 Å². The fraction of sp³-hybridized carbons (Fsp3) is 0.500. The summed E-state index contributed by atoms with van der Waals surface area (Å²) in [6.45, 7) is 4.62. The summed E-state index contributed by atoms with van der Waals surface area (Å²) in [5, 5.41) is 0. The van der Waals surface area contributed by atoms with Crippen LogP contribution < -0.4 is 0 Å². The fourth-order valence-electron chi connectivity index (χ4n) is 3.33. The lowest BCUT2D eigenvalue weighted by Gasteiger charge is -2.35. The predicted molar refractivity (Wildman–Crippen MR) is 101 cm³/mol. The van der Waals surface area contributed by atoms with Gasteiger partial charge in [0.25, 0.3) is 0 Å². The molecule has 0 aromatic heterocycles. The zero-order valence-corrected chi connectivity index (χ0v) is 16.8. The number of sulfonamides is 1. The van der Waals surface area contributed by atoms with E-state index in [9.17, 15) is 22.8 Å². The summed E-state index contributed by atoms with van der Waals surface area (Å²) in [5.41, 5.74) is 0.727. The maximum Gasteiger partial charge on any atom is 0.335 e. The molecule has 0 bridgehead atoms. The van der Waals surface area contributed by atoms with Gasteiger partial charge in [-0.05, 0) is 19.4 Å².